The van der Waals surface area contributed by atoms with E-state index in [1.54, 1.807) is 11.8 Å². The zero-order valence-corrected chi connectivity index (χ0v) is 6.99. The molecule has 0 radical (unpaired) electrons. The fraction of sp³-hybridized carbons (Fsp3) is 0.833. The van der Waals surface area contributed by atoms with E-state index in [1.165, 1.54) is 0 Å². The number of carbonyl (C=O) groups is 1. The molecule has 0 aromatic heterocycles. The molecule has 1 amide bonds. The number of amides is 1. The maximum absolute atomic E-state index is 10.8. The Balaban J connectivity index is 2.68. The van der Waals surface area contributed by atoms with E-state index < -0.39 is 0 Å². The fourth-order valence-corrected chi connectivity index (χ4v) is 2.07. The molecule has 58 valence electrons. The molecule has 0 aromatic rings. The van der Waals surface area contributed by atoms with Crippen molar-refractivity contribution in [3.63, 3.8) is 0 Å². The van der Waals surface area contributed by atoms with Crippen LogP contribution < -0.4 is 11.1 Å². The van der Waals surface area contributed by atoms with Gasteiger partial charge in [0.15, 0.2) is 0 Å². The average Bonchev–Trinajstić information content (AvgIpc) is 2.08. The number of carbonyl (C=O) groups excluding carboxylic acids is 1. The lowest BCUT2D eigenvalue weighted by Gasteiger charge is -2.21. The first kappa shape index (κ1) is 7.88. The van der Waals surface area contributed by atoms with Gasteiger partial charge in [0, 0.05) is 10.6 Å². The molecule has 0 saturated carbocycles. The van der Waals surface area contributed by atoms with Gasteiger partial charge in [-0.1, -0.05) is 0 Å². The molecule has 3 nitrogen and oxygen atoms in total. The zero-order valence-electron chi connectivity index (χ0n) is 6.18. The Bertz CT molecular complexity index is 158. The van der Waals surface area contributed by atoms with Gasteiger partial charge in [0.2, 0.25) is 5.91 Å². The maximum Gasteiger partial charge on any atom is 0.236 e. The average molecular weight is 160 g/mol. The van der Waals surface area contributed by atoms with Crippen molar-refractivity contribution < 1.29 is 4.79 Å². The summed E-state index contributed by atoms with van der Waals surface area (Å²) in [5.41, 5.74) is 5.16. The Morgan fingerprint density at radius 2 is 2.40 bits per heavy atom. The molecule has 0 spiro atoms. The summed E-state index contributed by atoms with van der Waals surface area (Å²) < 4.78 is -0.0359. The first-order valence-electron chi connectivity index (χ1n) is 3.21. The van der Waals surface area contributed by atoms with Crippen LogP contribution in [0.3, 0.4) is 0 Å². The van der Waals surface area contributed by atoms with Gasteiger partial charge >= 0.3 is 0 Å². The van der Waals surface area contributed by atoms with Crippen LogP contribution in [0.1, 0.15) is 13.8 Å². The van der Waals surface area contributed by atoms with Crippen LogP contribution >= 0.6 is 11.8 Å². The van der Waals surface area contributed by atoms with Gasteiger partial charge in [-0.25, -0.2) is 0 Å². The molecular weight excluding hydrogens is 148 g/mol. The molecule has 0 aromatic carbocycles. The first-order valence-corrected chi connectivity index (χ1v) is 4.19. The summed E-state index contributed by atoms with van der Waals surface area (Å²) in [6.07, 6.45) is 0. The molecule has 0 unspecified atom stereocenters. The van der Waals surface area contributed by atoms with Crippen molar-refractivity contribution in [2.24, 2.45) is 5.73 Å². The molecule has 1 rings (SSSR count). The second kappa shape index (κ2) is 2.43. The van der Waals surface area contributed by atoms with Crippen molar-refractivity contribution in [1.82, 2.24) is 5.32 Å². The Hall–Kier alpha value is -0.220. The van der Waals surface area contributed by atoms with Gasteiger partial charge in [-0.05, 0) is 13.8 Å². The van der Waals surface area contributed by atoms with Crippen LogP contribution in [0, 0.1) is 0 Å². The summed E-state index contributed by atoms with van der Waals surface area (Å²) >= 11 is 1.72. The van der Waals surface area contributed by atoms with Gasteiger partial charge in [0.05, 0.1) is 0 Å². The molecule has 0 bridgehead atoms. The van der Waals surface area contributed by atoms with Crippen LogP contribution in [0.15, 0.2) is 0 Å². The summed E-state index contributed by atoms with van der Waals surface area (Å²) in [7, 11) is 0. The Morgan fingerprint density at radius 1 is 1.80 bits per heavy atom. The number of primary amides is 1. The predicted octanol–water partition coefficient (Wildman–Crippen LogP) is -0.0872. The highest BCUT2D eigenvalue weighted by atomic mass is 32.2. The Kier molecular flexibility index (Phi) is 1.92. The van der Waals surface area contributed by atoms with Crippen LogP contribution in [0.2, 0.25) is 0 Å². The van der Waals surface area contributed by atoms with Gasteiger partial charge in [-0.2, -0.15) is 0 Å². The van der Waals surface area contributed by atoms with E-state index in [2.05, 4.69) is 5.32 Å². The van der Waals surface area contributed by atoms with Gasteiger partial charge < -0.3 is 5.73 Å². The van der Waals surface area contributed by atoms with Crippen LogP contribution in [0.25, 0.3) is 0 Å². The number of hydrogen-bond donors (Lipinski definition) is 2. The number of hydrogen-bond acceptors (Lipinski definition) is 3. The first-order chi connectivity index (χ1) is 4.54. The molecule has 1 aliphatic rings. The summed E-state index contributed by atoms with van der Waals surface area (Å²) in [5, 5.41) is 3.03. The van der Waals surface area contributed by atoms with Crippen molar-refractivity contribution in [2.45, 2.75) is 24.6 Å². The van der Waals surface area contributed by atoms with E-state index in [-0.39, 0.29) is 16.7 Å². The molecule has 1 heterocycles. The third kappa shape index (κ3) is 1.27. The minimum Gasteiger partial charge on any atom is -0.368 e. The van der Waals surface area contributed by atoms with Gasteiger partial charge in [0.1, 0.15) is 6.04 Å². The summed E-state index contributed by atoms with van der Waals surface area (Å²) in [4.78, 5) is 10.8. The Morgan fingerprint density at radius 3 is 2.60 bits per heavy atom. The number of nitrogens with one attached hydrogen (secondary N) is 1. The highest BCUT2D eigenvalue weighted by Crippen LogP contribution is 2.32. The molecule has 10 heavy (non-hydrogen) atoms. The van der Waals surface area contributed by atoms with Crippen molar-refractivity contribution >= 4 is 17.7 Å². The van der Waals surface area contributed by atoms with Crippen molar-refractivity contribution in [1.29, 1.82) is 0 Å². The smallest absolute Gasteiger partial charge is 0.236 e. The lowest BCUT2D eigenvalue weighted by molar-refractivity contribution is -0.120. The summed E-state index contributed by atoms with van der Waals surface area (Å²) in [5.74, 6) is 0.565. The van der Waals surface area contributed by atoms with Crippen molar-refractivity contribution in [3.05, 3.63) is 0 Å². The third-order valence-electron chi connectivity index (χ3n) is 1.71. The monoisotopic (exact) mass is 160 g/mol. The largest absolute Gasteiger partial charge is 0.368 e. The zero-order chi connectivity index (χ0) is 7.78. The van der Waals surface area contributed by atoms with E-state index >= 15 is 0 Å². The minimum atomic E-state index is -0.255. The number of rotatable bonds is 1. The predicted molar refractivity (Wildman–Crippen MR) is 42.7 cm³/mol. The standard InChI is InChI=1S/C6H12N2OS/c1-6(2)4(5(7)9)8-3-10-6/h4,8H,3H2,1-2H3,(H2,7,9)/t4-/m1/s1. The van der Waals surface area contributed by atoms with Crippen LogP contribution in [-0.4, -0.2) is 22.6 Å². The number of nitrogens with two attached hydrogens (primary N) is 1. The van der Waals surface area contributed by atoms with E-state index in [4.69, 9.17) is 5.73 Å². The lowest BCUT2D eigenvalue weighted by atomic mass is 10.0. The molecular formula is C6H12N2OS. The van der Waals surface area contributed by atoms with Crippen molar-refractivity contribution in [3.8, 4) is 0 Å². The van der Waals surface area contributed by atoms with E-state index in [9.17, 15) is 4.79 Å². The van der Waals surface area contributed by atoms with Gasteiger partial charge in [-0.3, -0.25) is 10.1 Å². The lowest BCUT2D eigenvalue weighted by Crippen LogP contribution is -2.47. The SMILES string of the molecule is CC1(C)SCN[C@@H]1C(N)=O. The molecule has 1 fully saturated rings. The van der Waals surface area contributed by atoms with E-state index in [0.717, 1.165) is 5.88 Å². The molecule has 4 heteroatoms. The second-order valence-electron chi connectivity index (χ2n) is 2.93. The molecule has 0 aliphatic carbocycles. The summed E-state index contributed by atoms with van der Waals surface area (Å²) in [6, 6.07) is -0.169. The fourth-order valence-electron chi connectivity index (χ4n) is 1.08. The quantitative estimate of drug-likeness (QED) is 0.564. The highest BCUT2D eigenvalue weighted by molar-refractivity contribution is 8.00. The topological polar surface area (TPSA) is 55.1 Å². The van der Waals surface area contributed by atoms with Crippen LogP contribution in [0.5, 0.6) is 0 Å². The van der Waals surface area contributed by atoms with Crippen molar-refractivity contribution in [2.75, 3.05) is 5.88 Å². The van der Waals surface area contributed by atoms with Crippen LogP contribution in [-0.2, 0) is 4.79 Å². The highest BCUT2D eigenvalue weighted by Gasteiger charge is 2.38. The minimum absolute atomic E-state index is 0.0359. The third-order valence-corrected chi connectivity index (χ3v) is 3.00. The summed E-state index contributed by atoms with van der Waals surface area (Å²) in [6.45, 7) is 4.04. The second-order valence-corrected chi connectivity index (χ2v) is 4.56. The van der Waals surface area contributed by atoms with Gasteiger partial charge in [0.25, 0.3) is 0 Å². The molecule has 1 aliphatic heterocycles. The van der Waals surface area contributed by atoms with Gasteiger partial charge in [-0.15, -0.1) is 11.8 Å². The molecule has 1 atom stereocenters. The number of thioether (sulfide) groups is 1. The Labute approximate surface area is 64.7 Å². The van der Waals surface area contributed by atoms with E-state index in [0.29, 0.717) is 0 Å². The normalized spacial score (nSPS) is 30.4. The molecule has 3 N–H and O–H groups in total. The molecule has 1 saturated heterocycles. The maximum atomic E-state index is 10.8. The van der Waals surface area contributed by atoms with E-state index in [1.807, 2.05) is 13.8 Å². The van der Waals surface area contributed by atoms with Crippen LogP contribution in [0.4, 0.5) is 0 Å².